The lowest BCUT2D eigenvalue weighted by atomic mass is 10.3. The average Bonchev–Trinajstić information content (AvgIpc) is 2.79. The van der Waals surface area contributed by atoms with E-state index in [1.165, 1.54) is 11.8 Å². The molecule has 0 bridgehead atoms. The quantitative estimate of drug-likeness (QED) is 0.820. The van der Waals surface area contributed by atoms with Gasteiger partial charge in [0.2, 0.25) is 5.91 Å². The Labute approximate surface area is 125 Å². The maximum Gasteiger partial charge on any atom is 0.234 e. The Kier molecular flexibility index (Phi) is 4.99. The van der Waals surface area contributed by atoms with Gasteiger partial charge in [0.15, 0.2) is 5.16 Å². The summed E-state index contributed by atoms with van der Waals surface area (Å²) >= 11 is 7.09. The summed E-state index contributed by atoms with van der Waals surface area (Å²) in [4.78, 5) is 11.8. The summed E-state index contributed by atoms with van der Waals surface area (Å²) in [5.41, 5.74) is 6.22. The molecule has 106 valence electrons. The van der Waals surface area contributed by atoms with Crippen molar-refractivity contribution in [1.29, 1.82) is 0 Å². The fourth-order valence-electron chi connectivity index (χ4n) is 1.51. The van der Waals surface area contributed by atoms with Gasteiger partial charge < -0.3 is 15.6 Å². The Bertz CT molecular complexity index is 598. The van der Waals surface area contributed by atoms with E-state index in [1.54, 1.807) is 28.8 Å². The number of nitrogens with one attached hydrogen (secondary N) is 1. The molecule has 1 aromatic heterocycles. The van der Waals surface area contributed by atoms with Gasteiger partial charge in [0.05, 0.1) is 12.3 Å². The van der Waals surface area contributed by atoms with Crippen molar-refractivity contribution in [2.24, 2.45) is 12.8 Å². The van der Waals surface area contributed by atoms with Gasteiger partial charge in [-0.2, -0.15) is 0 Å². The molecule has 0 spiro atoms. The second kappa shape index (κ2) is 6.74. The van der Waals surface area contributed by atoms with E-state index in [-0.39, 0.29) is 11.7 Å². The van der Waals surface area contributed by atoms with E-state index >= 15 is 0 Å². The molecule has 0 radical (unpaired) electrons. The fourth-order valence-corrected chi connectivity index (χ4v) is 2.36. The first-order valence-corrected chi connectivity index (χ1v) is 7.23. The topological polar surface area (TPSA) is 85.8 Å². The van der Waals surface area contributed by atoms with Gasteiger partial charge in [-0.3, -0.25) is 4.79 Å². The molecule has 6 nitrogen and oxygen atoms in total. The highest BCUT2D eigenvalue weighted by Crippen LogP contribution is 2.17. The Hall–Kier alpha value is -1.57. The normalized spacial score (nSPS) is 10.6. The molecule has 2 aromatic rings. The van der Waals surface area contributed by atoms with Crippen molar-refractivity contribution in [1.82, 2.24) is 14.8 Å². The summed E-state index contributed by atoms with van der Waals surface area (Å²) in [6.07, 6.45) is 0. The van der Waals surface area contributed by atoms with Crippen molar-refractivity contribution < 1.29 is 4.79 Å². The van der Waals surface area contributed by atoms with Gasteiger partial charge in [0.25, 0.3) is 0 Å². The number of rotatable bonds is 5. The van der Waals surface area contributed by atoms with Crippen LogP contribution in [0.15, 0.2) is 29.4 Å². The molecular weight excluding hydrogens is 298 g/mol. The van der Waals surface area contributed by atoms with Crippen molar-refractivity contribution in [2.45, 2.75) is 11.7 Å². The number of aromatic nitrogens is 3. The third-order valence-electron chi connectivity index (χ3n) is 2.57. The molecule has 8 heteroatoms. The number of carbonyl (C=O) groups excluding carboxylic acids is 1. The first-order valence-electron chi connectivity index (χ1n) is 5.86. The highest BCUT2D eigenvalue weighted by atomic mass is 35.5. The minimum absolute atomic E-state index is 0.116. The molecule has 1 aromatic carbocycles. The summed E-state index contributed by atoms with van der Waals surface area (Å²) in [6, 6.07) is 6.94. The third kappa shape index (κ3) is 3.72. The zero-order valence-corrected chi connectivity index (χ0v) is 12.4. The number of hydrogen-bond donors (Lipinski definition) is 2. The minimum atomic E-state index is -0.116. The molecule has 0 aliphatic carbocycles. The number of amides is 1. The number of anilines is 1. The van der Waals surface area contributed by atoms with Crippen LogP contribution in [-0.4, -0.2) is 26.4 Å². The van der Waals surface area contributed by atoms with Crippen LogP contribution < -0.4 is 11.1 Å². The van der Waals surface area contributed by atoms with Crippen LogP contribution in [0.4, 0.5) is 5.69 Å². The number of thioether (sulfide) groups is 1. The molecule has 0 aliphatic heterocycles. The first-order chi connectivity index (χ1) is 9.60. The van der Waals surface area contributed by atoms with E-state index in [0.29, 0.717) is 28.2 Å². The first kappa shape index (κ1) is 14.8. The van der Waals surface area contributed by atoms with Crippen molar-refractivity contribution >= 4 is 35.0 Å². The van der Waals surface area contributed by atoms with Crippen molar-refractivity contribution in [3.05, 3.63) is 35.1 Å². The van der Waals surface area contributed by atoms with Crippen molar-refractivity contribution in [3.63, 3.8) is 0 Å². The molecule has 20 heavy (non-hydrogen) atoms. The average molecular weight is 312 g/mol. The van der Waals surface area contributed by atoms with Crippen LogP contribution in [-0.2, 0) is 18.4 Å². The van der Waals surface area contributed by atoms with Crippen LogP contribution >= 0.6 is 23.4 Å². The molecule has 1 heterocycles. The Morgan fingerprint density at radius 3 is 2.70 bits per heavy atom. The maximum atomic E-state index is 11.8. The van der Waals surface area contributed by atoms with E-state index in [4.69, 9.17) is 17.3 Å². The monoisotopic (exact) mass is 311 g/mol. The molecule has 0 aliphatic rings. The second-order valence-corrected chi connectivity index (χ2v) is 5.38. The van der Waals surface area contributed by atoms with Crippen molar-refractivity contribution in [2.75, 3.05) is 11.1 Å². The molecule has 0 saturated heterocycles. The van der Waals surface area contributed by atoms with E-state index < -0.39 is 0 Å². The predicted octanol–water partition coefficient (Wildman–Crippen LogP) is 1.66. The zero-order valence-electron chi connectivity index (χ0n) is 10.8. The molecule has 0 unspecified atom stereocenters. The van der Waals surface area contributed by atoms with Crippen LogP contribution in [0.3, 0.4) is 0 Å². The van der Waals surface area contributed by atoms with Gasteiger partial charge in [0, 0.05) is 17.8 Å². The van der Waals surface area contributed by atoms with Gasteiger partial charge in [0.1, 0.15) is 5.82 Å². The highest BCUT2D eigenvalue weighted by molar-refractivity contribution is 7.99. The summed E-state index contributed by atoms with van der Waals surface area (Å²) in [5.74, 6) is 0.819. The van der Waals surface area contributed by atoms with E-state index in [0.717, 1.165) is 0 Å². The number of hydrogen-bond acceptors (Lipinski definition) is 5. The lowest BCUT2D eigenvalue weighted by molar-refractivity contribution is -0.113. The zero-order chi connectivity index (χ0) is 14.5. The fraction of sp³-hybridized carbons (Fsp3) is 0.250. The largest absolute Gasteiger partial charge is 0.325 e. The molecule has 2 rings (SSSR count). The Balaban J connectivity index is 1.88. The Morgan fingerprint density at radius 2 is 2.10 bits per heavy atom. The van der Waals surface area contributed by atoms with E-state index in [9.17, 15) is 4.79 Å². The van der Waals surface area contributed by atoms with Gasteiger partial charge in [-0.1, -0.05) is 23.4 Å². The standard InChI is InChI=1S/C12H14ClN5OS/c1-18-10(6-14)16-17-12(18)20-7-11(19)15-9-4-2-8(13)3-5-9/h2-5H,6-7,14H2,1H3,(H,15,19). The number of carbonyl (C=O) groups is 1. The lowest BCUT2D eigenvalue weighted by Crippen LogP contribution is -2.14. The van der Waals surface area contributed by atoms with Crippen LogP contribution in [0.5, 0.6) is 0 Å². The highest BCUT2D eigenvalue weighted by Gasteiger charge is 2.10. The van der Waals surface area contributed by atoms with Gasteiger partial charge >= 0.3 is 0 Å². The molecule has 0 saturated carbocycles. The summed E-state index contributed by atoms with van der Waals surface area (Å²) < 4.78 is 1.78. The molecule has 3 N–H and O–H groups in total. The lowest BCUT2D eigenvalue weighted by Gasteiger charge is -2.05. The number of halogens is 1. The summed E-state index contributed by atoms with van der Waals surface area (Å²) in [5, 5.41) is 12.0. The summed E-state index contributed by atoms with van der Waals surface area (Å²) in [7, 11) is 1.82. The van der Waals surface area contributed by atoms with Crippen molar-refractivity contribution in [3.8, 4) is 0 Å². The van der Waals surface area contributed by atoms with Gasteiger partial charge in [-0.15, -0.1) is 10.2 Å². The van der Waals surface area contributed by atoms with Crippen LogP contribution in [0.25, 0.3) is 0 Å². The third-order valence-corrected chi connectivity index (χ3v) is 3.84. The smallest absolute Gasteiger partial charge is 0.234 e. The van der Waals surface area contributed by atoms with Gasteiger partial charge in [-0.05, 0) is 24.3 Å². The predicted molar refractivity (Wildman–Crippen MR) is 79.7 cm³/mol. The second-order valence-electron chi connectivity index (χ2n) is 4.01. The van der Waals surface area contributed by atoms with E-state index in [2.05, 4.69) is 15.5 Å². The molecule has 0 atom stereocenters. The number of benzene rings is 1. The molecule has 0 fully saturated rings. The molecular formula is C12H14ClN5OS. The molecule has 1 amide bonds. The Morgan fingerprint density at radius 1 is 1.40 bits per heavy atom. The van der Waals surface area contributed by atoms with Crippen LogP contribution in [0.2, 0.25) is 5.02 Å². The van der Waals surface area contributed by atoms with Crippen LogP contribution in [0, 0.1) is 0 Å². The SMILES string of the molecule is Cn1c(CN)nnc1SCC(=O)Nc1ccc(Cl)cc1. The number of nitrogens with two attached hydrogens (primary N) is 1. The van der Waals surface area contributed by atoms with Gasteiger partial charge in [-0.25, -0.2) is 0 Å². The minimum Gasteiger partial charge on any atom is -0.325 e. The maximum absolute atomic E-state index is 11.8. The van der Waals surface area contributed by atoms with E-state index in [1.807, 2.05) is 7.05 Å². The number of nitrogens with zero attached hydrogens (tertiary/aromatic N) is 3. The van der Waals surface area contributed by atoms with Crippen LogP contribution in [0.1, 0.15) is 5.82 Å². The summed E-state index contributed by atoms with van der Waals surface area (Å²) in [6.45, 7) is 0.320.